The standard InChI is InChI=1S/C9H14N4O3/c1-3-5(9(15)16)10-8(14)7-11-6(4-2)12-13-7/h5H,3-4H2,1-2H3,(H,10,14)(H,15,16)(H,11,12,13)/t5-/m1/s1. The zero-order chi connectivity index (χ0) is 12.1. The van der Waals surface area contributed by atoms with E-state index in [1.807, 2.05) is 6.92 Å². The highest BCUT2D eigenvalue weighted by molar-refractivity contribution is 5.93. The van der Waals surface area contributed by atoms with Crippen LogP contribution in [0.3, 0.4) is 0 Å². The molecule has 0 saturated carbocycles. The molecule has 0 aliphatic rings. The highest BCUT2D eigenvalue weighted by Gasteiger charge is 2.20. The van der Waals surface area contributed by atoms with E-state index < -0.39 is 17.9 Å². The van der Waals surface area contributed by atoms with Crippen LogP contribution in [0.4, 0.5) is 0 Å². The molecule has 0 aromatic carbocycles. The van der Waals surface area contributed by atoms with Crippen LogP contribution in [0.1, 0.15) is 36.7 Å². The van der Waals surface area contributed by atoms with Gasteiger partial charge in [-0.2, -0.15) is 0 Å². The number of rotatable bonds is 5. The fraction of sp³-hybridized carbons (Fsp3) is 0.556. The van der Waals surface area contributed by atoms with Crippen molar-refractivity contribution in [1.82, 2.24) is 20.5 Å². The van der Waals surface area contributed by atoms with E-state index in [0.29, 0.717) is 18.7 Å². The third-order valence-electron chi connectivity index (χ3n) is 2.08. The number of hydrogen-bond acceptors (Lipinski definition) is 4. The first kappa shape index (κ1) is 12.2. The van der Waals surface area contributed by atoms with Crippen LogP contribution < -0.4 is 5.32 Å². The predicted molar refractivity (Wildman–Crippen MR) is 54.9 cm³/mol. The van der Waals surface area contributed by atoms with E-state index in [-0.39, 0.29) is 5.82 Å². The molecule has 0 aliphatic carbocycles. The molecule has 0 unspecified atom stereocenters. The summed E-state index contributed by atoms with van der Waals surface area (Å²) >= 11 is 0. The number of aromatic nitrogens is 3. The quantitative estimate of drug-likeness (QED) is 0.652. The number of nitrogens with zero attached hydrogens (tertiary/aromatic N) is 2. The lowest BCUT2D eigenvalue weighted by Gasteiger charge is -2.09. The van der Waals surface area contributed by atoms with Gasteiger partial charge in [-0.3, -0.25) is 9.89 Å². The molecule has 1 aromatic heterocycles. The molecule has 1 rings (SSSR count). The van der Waals surface area contributed by atoms with E-state index in [2.05, 4.69) is 20.5 Å². The van der Waals surface area contributed by atoms with Crippen LogP contribution in [0.15, 0.2) is 0 Å². The molecule has 0 fully saturated rings. The molecule has 7 heteroatoms. The Balaban J connectivity index is 2.67. The van der Waals surface area contributed by atoms with Gasteiger partial charge in [-0.05, 0) is 6.42 Å². The number of nitrogens with one attached hydrogen (secondary N) is 2. The second-order valence-electron chi connectivity index (χ2n) is 3.23. The van der Waals surface area contributed by atoms with Crippen molar-refractivity contribution < 1.29 is 14.7 Å². The highest BCUT2D eigenvalue weighted by Crippen LogP contribution is 1.96. The topological polar surface area (TPSA) is 108 Å². The number of carboxylic acid groups (broad SMARTS) is 1. The Hall–Kier alpha value is -1.92. The first-order chi connectivity index (χ1) is 7.58. The van der Waals surface area contributed by atoms with E-state index in [4.69, 9.17) is 5.11 Å². The van der Waals surface area contributed by atoms with Gasteiger partial charge >= 0.3 is 5.97 Å². The summed E-state index contributed by atoms with van der Waals surface area (Å²) in [7, 11) is 0. The Labute approximate surface area is 92.3 Å². The van der Waals surface area contributed by atoms with Crippen molar-refractivity contribution >= 4 is 11.9 Å². The predicted octanol–water partition coefficient (Wildman–Crippen LogP) is -0.0399. The van der Waals surface area contributed by atoms with Crippen molar-refractivity contribution in [3.63, 3.8) is 0 Å². The van der Waals surface area contributed by atoms with E-state index in [9.17, 15) is 9.59 Å². The number of H-pyrrole nitrogens is 1. The minimum atomic E-state index is -1.07. The smallest absolute Gasteiger partial charge is 0.326 e. The lowest BCUT2D eigenvalue weighted by atomic mass is 10.2. The SMILES string of the molecule is CCc1nc(C(=O)N[C@H](CC)C(=O)O)n[nH]1. The number of aromatic amines is 1. The second kappa shape index (κ2) is 5.24. The molecule has 0 radical (unpaired) electrons. The van der Waals surface area contributed by atoms with E-state index in [0.717, 1.165) is 0 Å². The Morgan fingerprint density at radius 2 is 2.19 bits per heavy atom. The maximum absolute atomic E-state index is 11.5. The molecule has 16 heavy (non-hydrogen) atoms. The van der Waals surface area contributed by atoms with Gasteiger partial charge in [-0.1, -0.05) is 13.8 Å². The maximum Gasteiger partial charge on any atom is 0.326 e. The fourth-order valence-electron chi connectivity index (χ4n) is 1.12. The second-order valence-corrected chi connectivity index (χ2v) is 3.23. The molecule has 0 spiro atoms. The van der Waals surface area contributed by atoms with Crippen molar-refractivity contribution in [3.8, 4) is 0 Å². The molecule has 1 amide bonds. The molecule has 1 aromatic rings. The largest absolute Gasteiger partial charge is 0.480 e. The molecule has 0 aliphatic heterocycles. The number of aryl methyl sites for hydroxylation is 1. The van der Waals surface area contributed by atoms with Crippen molar-refractivity contribution in [3.05, 3.63) is 11.6 Å². The number of aliphatic carboxylic acids is 1. The molecule has 1 atom stereocenters. The normalized spacial score (nSPS) is 12.1. The van der Waals surface area contributed by atoms with Gasteiger partial charge in [0.05, 0.1) is 0 Å². The Morgan fingerprint density at radius 1 is 1.50 bits per heavy atom. The molecule has 3 N–H and O–H groups in total. The van der Waals surface area contributed by atoms with Crippen LogP contribution in [0.2, 0.25) is 0 Å². The monoisotopic (exact) mass is 226 g/mol. The lowest BCUT2D eigenvalue weighted by molar-refractivity contribution is -0.139. The summed E-state index contributed by atoms with van der Waals surface area (Å²) in [6.07, 6.45) is 0.947. The molecule has 88 valence electrons. The summed E-state index contributed by atoms with van der Waals surface area (Å²) in [4.78, 5) is 26.1. The summed E-state index contributed by atoms with van der Waals surface area (Å²) in [5, 5.41) is 17.4. The number of amides is 1. The third-order valence-corrected chi connectivity index (χ3v) is 2.08. The summed E-state index contributed by atoms with van der Waals surface area (Å²) < 4.78 is 0. The average molecular weight is 226 g/mol. The first-order valence-corrected chi connectivity index (χ1v) is 5.03. The van der Waals surface area contributed by atoms with Gasteiger partial charge < -0.3 is 10.4 Å². The minimum absolute atomic E-state index is 0.0310. The minimum Gasteiger partial charge on any atom is -0.480 e. The van der Waals surface area contributed by atoms with Crippen LogP contribution in [0, 0.1) is 0 Å². The van der Waals surface area contributed by atoms with Gasteiger partial charge in [0, 0.05) is 6.42 Å². The van der Waals surface area contributed by atoms with Crippen molar-refractivity contribution in [2.45, 2.75) is 32.7 Å². The molecule has 1 heterocycles. The first-order valence-electron chi connectivity index (χ1n) is 5.03. The Kier molecular flexibility index (Phi) is 3.98. The zero-order valence-electron chi connectivity index (χ0n) is 9.15. The summed E-state index contributed by atoms with van der Waals surface area (Å²) in [6, 6.07) is -0.906. The lowest BCUT2D eigenvalue weighted by Crippen LogP contribution is -2.40. The van der Waals surface area contributed by atoms with Gasteiger partial charge in [-0.15, -0.1) is 5.10 Å². The van der Waals surface area contributed by atoms with Crippen LogP contribution in [0.25, 0.3) is 0 Å². The summed E-state index contributed by atoms with van der Waals surface area (Å²) in [5.74, 6) is -1.09. The van der Waals surface area contributed by atoms with Gasteiger partial charge in [0.1, 0.15) is 11.9 Å². The number of carbonyl (C=O) groups is 2. The van der Waals surface area contributed by atoms with Gasteiger partial charge in [0.25, 0.3) is 5.91 Å². The van der Waals surface area contributed by atoms with Crippen molar-refractivity contribution in [2.75, 3.05) is 0 Å². The van der Waals surface area contributed by atoms with Crippen LogP contribution >= 0.6 is 0 Å². The Morgan fingerprint density at radius 3 is 2.62 bits per heavy atom. The summed E-state index contributed by atoms with van der Waals surface area (Å²) in [5.41, 5.74) is 0. The average Bonchev–Trinajstić information content (AvgIpc) is 2.73. The Bertz CT molecular complexity index is 388. The van der Waals surface area contributed by atoms with Crippen LogP contribution in [-0.4, -0.2) is 38.2 Å². The van der Waals surface area contributed by atoms with Crippen LogP contribution in [-0.2, 0) is 11.2 Å². The molecule has 0 bridgehead atoms. The third kappa shape index (κ3) is 2.78. The number of carbonyl (C=O) groups excluding carboxylic acids is 1. The van der Waals surface area contributed by atoms with Gasteiger partial charge in [0.15, 0.2) is 0 Å². The van der Waals surface area contributed by atoms with E-state index in [1.54, 1.807) is 6.92 Å². The molecule has 7 nitrogen and oxygen atoms in total. The fourth-order valence-corrected chi connectivity index (χ4v) is 1.12. The van der Waals surface area contributed by atoms with E-state index in [1.165, 1.54) is 0 Å². The molecular weight excluding hydrogens is 212 g/mol. The molecule has 0 saturated heterocycles. The summed E-state index contributed by atoms with van der Waals surface area (Å²) in [6.45, 7) is 3.54. The highest BCUT2D eigenvalue weighted by atomic mass is 16.4. The number of hydrogen-bond donors (Lipinski definition) is 3. The maximum atomic E-state index is 11.5. The van der Waals surface area contributed by atoms with Crippen molar-refractivity contribution in [1.29, 1.82) is 0 Å². The van der Waals surface area contributed by atoms with Gasteiger partial charge in [-0.25, -0.2) is 9.78 Å². The molecular formula is C9H14N4O3. The number of carboxylic acids is 1. The van der Waals surface area contributed by atoms with Gasteiger partial charge in [0.2, 0.25) is 5.82 Å². The van der Waals surface area contributed by atoms with Crippen LogP contribution in [0.5, 0.6) is 0 Å². The zero-order valence-corrected chi connectivity index (χ0v) is 9.15. The van der Waals surface area contributed by atoms with Crippen molar-refractivity contribution in [2.24, 2.45) is 0 Å². The van der Waals surface area contributed by atoms with E-state index >= 15 is 0 Å².